The summed E-state index contributed by atoms with van der Waals surface area (Å²) in [6.45, 7) is 8.94. The van der Waals surface area contributed by atoms with E-state index >= 15 is 0 Å². The molecule has 0 bridgehead atoms. The van der Waals surface area contributed by atoms with Crippen molar-refractivity contribution in [3.8, 4) is 0 Å². The molecule has 3 aromatic rings. The van der Waals surface area contributed by atoms with Crippen molar-refractivity contribution in [2.24, 2.45) is 0 Å². The normalized spacial score (nSPS) is 15.4. The van der Waals surface area contributed by atoms with Gasteiger partial charge in [0, 0.05) is 31.9 Å². The molecule has 1 unspecified atom stereocenters. The van der Waals surface area contributed by atoms with Crippen LogP contribution in [0.15, 0.2) is 47.3 Å². The van der Waals surface area contributed by atoms with Gasteiger partial charge in [0.25, 0.3) is 5.56 Å². The molecular formula is C23H27N5O2. The van der Waals surface area contributed by atoms with Gasteiger partial charge in [-0.2, -0.15) is 4.68 Å². The third kappa shape index (κ3) is 3.56. The Morgan fingerprint density at radius 1 is 1.03 bits per heavy atom. The SMILES string of the molecule is CCC(C(=O)N1CCN(c2cccc(C)c2C)CC1)n1nnc2ccccc2c1=O. The van der Waals surface area contributed by atoms with E-state index < -0.39 is 6.04 Å². The summed E-state index contributed by atoms with van der Waals surface area (Å²) in [4.78, 5) is 30.3. The average Bonchev–Trinajstić information content (AvgIpc) is 2.78. The van der Waals surface area contributed by atoms with Crippen LogP contribution in [0.3, 0.4) is 0 Å². The molecule has 0 radical (unpaired) electrons. The molecule has 1 fully saturated rings. The fraction of sp³-hybridized carbons (Fsp3) is 0.391. The standard InChI is InChI=1S/C23H27N5O2/c1-4-20(28-22(29)18-9-5-6-10-19(18)24-25-28)23(30)27-14-12-26(13-15-27)21-11-7-8-16(2)17(21)3/h5-11,20H,4,12-15H2,1-3H3. The van der Waals surface area contributed by atoms with Crippen LogP contribution in [0.2, 0.25) is 0 Å². The summed E-state index contributed by atoms with van der Waals surface area (Å²) in [5.41, 5.74) is 4.05. The third-order valence-electron chi connectivity index (χ3n) is 6.07. The lowest BCUT2D eigenvalue weighted by molar-refractivity contribution is -0.135. The molecule has 7 nitrogen and oxygen atoms in total. The number of benzene rings is 2. The van der Waals surface area contributed by atoms with E-state index in [9.17, 15) is 9.59 Å². The number of carbonyl (C=O) groups is 1. The van der Waals surface area contributed by atoms with Crippen LogP contribution in [-0.2, 0) is 4.79 Å². The predicted octanol–water partition coefficient (Wildman–Crippen LogP) is 2.71. The summed E-state index contributed by atoms with van der Waals surface area (Å²) in [5.74, 6) is -0.0650. The molecule has 0 aliphatic carbocycles. The van der Waals surface area contributed by atoms with Crippen LogP contribution >= 0.6 is 0 Å². The Morgan fingerprint density at radius 2 is 1.77 bits per heavy atom. The molecule has 1 aromatic heterocycles. The van der Waals surface area contributed by atoms with Crippen LogP contribution < -0.4 is 10.5 Å². The maximum Gasteiger partial charge on any atom is 0.278 e. The minimum atomic E-state index is -0.637. The number of fused-ring (bicyclic) bond motifs is 1. The van der Waals surface area contributed by atoms with Crippen LogP contribution in [0.1, 0.15) is 30.5 Å². The zero-order valence-electron chi connectivity index (χ0n) is 17.7. The molecule has 4 rings (SSSR count). The molecule has 1 atom stereocenters. The molecule has 7 heteroatoms. The molecule has 1 amide bonds. The summed E-state index contributed by atoms with van der Waals surface area (Å²) in [6.07, 6.45) is 0.489. The second-order valence-corrected chi connectivity index (χ2v) is 7.81. The summed E-state index contributed by atoms with van der Waals surface area (Å²) < 4.78 is 1.25. The van der Waals surface area contributed by atoms with Crippen molar-refractivity contribution in [3.63, 3.8) is 0 Å². The van der Waals surface area contributed by atoms with Crippen molar-refractivity contribution >= 4 is 22.5 Å². The Balaban J connectivity index is 1.52. The monoisotopic (exact) mass is 405 g/mol. The average molecular weight is 406 g/mol. The van der Waals surface area contributed by atoms with Crippen LogP contribution in [0.4, 0.5) is 5.69 Å². The highest BCUT2D eigenvalue weighted by atomic mass is 16.2. The lowest BCUT2D eigenvalue weighted by Gasteiger charge is -2.38. The van der Waals surface area contributed by atoms with Crippen molar-refractivity contribution in [2.75, 3.05) is 31.1 Å². The zero-order valence-corrected chi connectivity index (χ0v) is 17.7. The minimum absolute atomic E-state index is 0.0650. The second-order valence-electron chi connectivity index (χ2n) is 7.81. The van der Waals surface area contributed by atoms with E-state index in [1.807, 2.05) is 17.9 Å². The highest BCUT2D eigenvalue weighted by Gasteiger charge is 2.30. The van der Waals surface area contributed by atoms with Crippen molar-refractivity contribution < 1.29 is 4.79 Å². The summed E-state index contributed by atoms with van der Waals surface area (Å²) in [5, 5.41) is 8.70. The van der Waals surface area contributed by atoms with E-state index in [4.69, 9.17) is 0 Å². The number of hydrogen-bond acceptors (Lipinski definition) is 5. The fourth-order valence-corrected chi connectivity index (χ4v) is 4.11. The number of hydrogen-bond donors (Lipinski definition) is 0. The Bertz CT molecular complexity index is 1130. The maximum absolute atomic E-state index is 13.3. The van der Waals surface area contributed by atoms with Crippen molar-refractivity contribution in [1.82, 2.24) is 19.9 Å². The van der Waals surface area contributed by atoms with E-state index in [2.05, 4.69) is 47.3 Å². The van der Waals surface area contributed by atoms with E-state index in [0.29, 0.717) is 30.4 Å². The molecule has 2 aromatic carbocycles. The number of amides is 1. The Kier molecular flexibility index (Phi) is 5.53. The topological polar surface area (TPSA) is 71.3 Å². The van der Waals surface area contributed by atoms with Crippen molar-refractivity contribution in [3.05, 3.63) is 63.9 Å². The molecule has 0 N–H and O–H groups in total. The second kappa shape index (κ2) is 8.26. The van der Waals surface area contributed by atoms with Crippen LogP contribution in [0.25, 0.3) is 10.9 Å². The molecule has 156 valence electrons. The van der Waals surface area contributed by atoms with Gasteiger partial charge < -0.3 is 9.80 Å². The van der Waals surface area contributed by atoms with E-state index in [-0.39, 0.29) is 11.5 Å². The number of anilines is 1. The number of piperazine rings is 1. The molecule has 0 saturated carbocycles. The van der Waals surface area contributed by atoms with Gasteiger partial charge in [-0.1, -0.05) is 36.4 Å². The van der Waals surface area contributed by atoms with Crippen molar-refractivity contribution in [2.45, 2.75) is 33.2 Å². The Labute approximate surface area is 175 Å². The van der Waals surface area contributed by atoms with Gasteiger partial charge >= 0.3 is 0 Å². The lowest BCUT2D eigenvalue weighted by atomic mass is 10.1. The number of rotatable bonds is 4. The first-order valence-corrected chi connectivity index (χ1v) is 10.5. The fourth-order valence-electron chi connectivity index (χ4n) is 4.11. The summed E-state index contributed by atoms with van der Waals surface area (Å²) in [6, 6.07) is 12.8. The Hall–Kier alpha value is -3.22. The largest absolute Gasteiger partial charge is 0.368 e. The quantitative estimate of drug-likeness (QED) is 0.667. The first-order valence-electron chi connectivity index (χ1n) is 10.5. The molecule has 1 saturated heterocycles. The highest BCUT2D eigenvalue weighted by Crippen LogP contribution is 2.24. The summed E-state index contributed by atoms with van der Waals surface area (Å²) >= 11 is 0. The van der Waals surface area contributed by atoms with Crippen LogP contribution in [0.5, 0.6) is 0 Å². The number of aryl methyl sites for hydroxylation is 1. The van der Waals surface area contributed by atoms with Gasteiger partial charge in [0.15, 0.2) is 0 Å². The number of nitrogens with zero attached hydrogens (tertiary/aromatic N) is 5. The number of aromatic nitrogens is 3. The number of carbonyl (C=O) groups excluding carboxylic acids is 1. The van der Waals surface area contributed by atoms with Gasteiger partial charge in [0.2, 0.25) is 5.91 Å². The molecule has 1 aliphatic rings. The van der Waals surface area contributed by atoms with E-state index in [1.165, 1.54) is 21.5 Å². The predicted molar refractivity (Wildman–Crippen MR) is 118 cm³/mol. The molecular weight excluding hydrogens is 378 g/mol. The van der Waals surface area contributed by atoms with E-state index in [1.54, 1.807) is 18.2 Å². The maximum atomic E-state index is 13.3. The van der Waals surface area contributed by atoms with Crippen LogP contribution in [-0.4, -0.2) is 52.0 Å². The van der Waals surface area contributed by atoms with E-state index in [0.717, 1.165) is 13.1 Å². The lowest BCUT2D eigenvalue weighted by Crippen LogP contribution is -2.51. The molecule has 2 heterocycles. The van der Waals surface area contributed by atoms with Crippen molar-refractivity contribution in [1.29, 1.82) is 0 Å². The van der Waals surface area contributed by atoms with Gasteiger partial charge in [0.05, 0.1) is 5.39 Å². The smallest absolute Gasteiger partial charge is 0.278 e. The molecule has 0 spiro atoms. The molecule has 30 heavy (non-hydrogen) atoms. The van der Waals surface area contributed by atoms with Gasteiger partial charge in [0.1, 0.15) is 11.6 Å². The molecule has 1 aliphatic heterocycles. The Morgan fingerprint density at radius 3 is 2.50 bits per heavy atom. The first kappa shape index (κ1) is 20.1. The zero-order chi connectivity index (χ0) is 21.3. The summed E-state index contributed by atoms with van der Waals surface area (Å²) in [7, 11) is 0. The minimum Gasteiger partial charge on any atom is -0.368 e. The van der Waals surface area contributed by atoms with Gasteiger partial charge in [-0.15, -0.1) is 5.10 Å². The first-order chi connectivity index (χ1) is 14.5. The van der Waals surface area contributed by atoms with Crippen LogP contribution in [0, 0.1) is 13.8 Å². The van der Waals surface area contributed by atoms with Gasteiger partial charge in [-0.25, -0.2) is 0 Å². The highest BCUT2D eigenvalue weighted by molar-refractivity contribution is 5.81. The van der Waals surface area contributed by atoms with Gasteiger partial charge in [-0.05, 0) is 49.6 Å². The van der Waals surface area contributed by atoms with Gasteiger partial charge in [-0.3, -0.25) is 9.59 Å². The third-order valence-corrected chi connectivity index (χ3v) is 6.07.